The van der Waals surface area contributed by atoms with E-state index in [9.17, 15) is 18.7 Å². The van der Waals surface area contributed by atoms with Gasteiger partial charge in [-0.1, -0.05) is 0 Å². The summed E-state index contributed by atoms with van der Waals surface area (Å²) in [5, 5.41) is 13.5. The van der Waals surface area contributed by atoms with Gasteiger partial charge in [0.15, 0.2) is 0 Å². The van der Waals surface area contributed by atoms with Crippen LogP contribution in [0.25, 0.3) is 10.8 Å². The molecule has 0 saturated carbocycles. The summed E-state index contributed by atoms with van der Waals surface area (Å²) in [5.74, 6) is 0.656. The van der Waals surface area contributed by atoms with E-state index < -0.39 is 12.5 Å². The predicted octanol–water partition coefficient (Wildman–Crippen LogP) is 3.29. The number of halogens is 2. The molecule has 0 unspecified atom stereocenters. The van der Waals surface area contributed by atoms with Gasteiger partial charge in [0, 0.05) is 42.5 Å². The molecule has 8 nitrogen and oxygen atoms in total. The zero-order valence-corrected chi connectivity index (χ0v) is 15.7. The second-order valence-corrected chi connectivity index (χ2v) is 7.26. The molecule has 4 rings (SSSR count). The Labute approximate surface area is 165 Å². The predicted molar refractivity (Wildman–Crippen MR) is 101 cm³/mol. The molecule has 0 spiro atoms. The van der Waals surface area contributed by atoms with Crippen molar-refractivity contribution in [3.63, 3.8) is 0 Å². The van der Waals surface area contributed by atoms with Gasteiger partial charge in [-0.15, -0.1) is 0 Å². The Kier molecular flexibility index (Phi) is 5.61. The van der Waals surface area contributed by atoms with Gasteiger partial charge in [0.05, 0.1) is 13.2 Å². The van der Waals surface area contributed by atoms with Crippen LogP contribution >= 0.6 is 0 Å². The number of rotatable bonds is 5. The van der Waals surface area contributed by atoms with Gasteiger partial charge in [-0.2, -0.15) is 0 Å². The van der Waals surface area contributed by atoms with Gasteiger partial charge in [0.1, 0.15) is 17.6 Å². The quantitative estimate of drug-likeness (QED) is 0.784. The number of ether oxygens (including phenoxy) is 2. The fourth-order valence-electron chi connectivity index (χ4n) is 3.66. The Balaban J connectivity index is 1.61. The fourth-order valence-corrected chi connectivity index (χ4v) is 3.66. The normalized spacial score (nSPS) is 22.2. The van der Waals surface area contributed by atoms with Crippen LogP contribution in [0, 0.1) is 0 Å². The highest BCUT2D eigenvalue weighted by atomic mass is 19.3. The highest BCUT2D eigenvalue weighted by molar-refractivity contribution is 5.88. The van der Waals surface area contributed by atoms with Crippen molar-refractivity contribution in [2.24, 2.45) is 0 Å². The van der Waals surface area contributed by atoms with Crippen molar-refractivity contribution in [3.05, 3.63) is 24.0 Å². The molecule has 2 saturated heterocycles. The smallest absolute Gasteiger partial charge is 0.407 e. The molecular formula is C19H22F2N4O4. The number of alkyl halides is 2. The van der Waals surface area contributed by atoms with E-state index in [0.717, 1.165) is 12.8 Å². The molecule has 2 fully saturated rings. The minimum atomic E-state index is -2.72. The molecule has 156 valence electrons. The topological polar surface area (TPSA) is 96.8 Å². The SMILES string of the molecule is O=C(O)N1CCC[C@H](Nc2cc3c(O[C@@H]4CCOC4)nc(C(F)F)cc3cn2)C1. The average Bonchev–Trinajstić information content (AvgIpc) is 3.21. The maximum Gasteiger partial charge on any atom is 0.407 e. The Bertz CT molecular complexity index is 892. The number of pyridine rings is 2. The number of nitrogens with zero attached hydrogens (tertiary/aromatic N) is 3. The molecule has 2 N–H and O–H groups in total. The van der Waals surface area contributed by atoms with Gasteiger partial charge < -0.3 is 24.8 Å². The lowest BCUT2D eigenvalue weighted by Crippen LogP contribution is -2.44. The Hall–Kier alpha value is -2.75. The maximum absolute atomic E-state index is 13.3. The van der Waals surface area contributed by atoms with Gasteiger partial charge >= 0.3 is 6.09 Å². The minimum Gasteiger partial charge on any atom is -0.471 e. The first-order valence-corrected chi connectivity index (χ1v) is 9.57. The minimum absolute atomic E-state index is 0.0781. The van der Waals surface area contributed by atoms with Gasteiger partial charge in [0.25, 0.3) is 6.43 Å². The third-order valence-corrected chi connectivity index (χ3v) is 5.13. The lowest BCUT2D eigenvalue weighted by atomic mass is 10.1. The Morgan fingerprint density at radius 2 is 2.24 bits per heavy atom. The van der Waals surface area contributed by atoms with E-state index in [0.29, 0.717) is 49.3 Å². The van der Waals surface area contributed by atoms with E-state index in [1.165, 1.54) is 17.2 Å². The number of aromatic nitrogens is 2. The second-order valence-electron chi connectivity index (χ2n) is 7.26. The summed E-state index contributed by atoms with van der Waals surface area (Å²) in [6.45, 7) is 1.83. The number of carbonyl (C=O) groups is 1. The third-order valence-electron chi connectivity index (χ3n) is 5.13. The molecule has 2 aliphatic heterocycles. The fraction of sp³-hybridized carbons (Fsp3) is 0.526. The molecular weight excluding hydrogens is 386 g/mol. The number of fused-ring (bicyclic) bond motifs is 1. The van der Waals surface area contributed by atoms with Crippen molar-refractivity contribution in [2.45, 2.75) is 37.8 Å². The van der Waals surface area contributed by atoms with Crippen LogP contribution in [0.15, 0.2) is 18.3 Å². The second kappa shape index (κ2) is 8.32. The molecule has 0 radical (unpaired) electrons. The van der Waals surface area contributed by atoms with Crippen LogP contribution in [0.3, 0.4) is 0 Å². The van der Waals surface area contributed by atoms with Crippen LogP contribution in [0.5, 0.6) is 5.88 Å². The zero-order chi connectivity index (χ0) is 20.4. The van der Waals surface area contributed by atoms with E-state index in [1.54, 1.807) is 6.07 Å². The Morgan fingerprint density at radius 3 is 2.97 bits per heavy atom. The van der Waals surface area contributed by atoms with E-state index in [-0.39, 0.29) is 23.7 Å². The van der Waals surface area contributed by atoms with Crippen LogP contribution in [0.2, 0.25) is 0 Å². The molecule has 0 aromatic carbocycles. The molecule has 0 bridgehead atoms. The summed E-state index contributed by atoms with van der Waals surface area (Å²) < 4.78 is 37.7. The number of nitrogens with one attached hydrogen (secondary N) is 1. The molecule has 2 aromatic rings. The van der Waals surface area contributed by atoms with Crippen molar-refractivity contribution in [3.8, 4) is 5.88 Å². The van der Waals surface area contributed by atoms with Crippen LogP contribution in [0.1, 0.15) is 31.4 Å². The number of anilines is 1. The van der Waals surface area contributed by atoms with Crippen LogP contribution in [0.4, 0.5) is 19.4 Å². The number of piperidine rings is 1. The summed E-state index contributed by atoms with van der Waals surface area (Å²) in [5.41, 5.74) is -0.363. The molecule has 1 amide bonds. The molecule has 10 heteroatoms. The molecule has 4 heterocycles. The van der Waals surface area contributed by atoms with E-state index in [4.69, 9.17) is 9.47 Å². The number of hydrogen-bond acceptors (Lipinski definition) is 6. The van der Waals surface area contributed by atoms with Gasteiger partial charge in [-0.05, 0) is 25.0 Å². The van der Waals surface area contributed by atoms with E-state index in [2.05, 4.69) is 15.3 Å². The number of likely N-dealkylation sites (tertiary alicyclic amines) is 1. The first kappa shape index (κ1) is 19.6. The Morgan fingerprint density at radius 1 is 1.38 bits per heavy atom. The van der Waals surface area contributed by atoms with Crippen molar-refractivity contribution in [2.75, 3.05) is 31.6 Å². The van der Waals surface area contributed by atoms with Gasteiger partial charge in [-0.25, -0.2) is 23.5 Å². The van der Waals surface area contributed by atoms with E-state index >= 15 is 0 Å². The van der Waals surface area contributed by atoms with Crippen molar-refractivity contribution >= 4 is 22.7 Å². The summed E-state index contributed by atoms with van der Waals surface area (Å²) in [4.78, 5) is 20.9. The van der Waals surface area contributed by atoms with Gasteiger partial charge in [-0.3, -0.25) is 0 Å². The summed E-state index contributed by atoms with van der Waals surface area (Å²) in [7, 11) is 0. The lowest BCUT2D eigenvalue weighted by Gasteiger charge is -2.31. The summed E-state index contributed by atoms with van der Waals surface area (Å²) in [6.07, 6.45) is -0.149. The number of hydrogen-bond donors (Lipinski definition) is 2. The lowest BCUT2D eigenvalue weighted by molar-refractivity contribution is 0.132. The highest BCUT2D eigenvalue weighted by Gasteiger charge is 2.24. The monoisotopic (exact) mass is 408 g/mol. The molecule has 2 atom stereocenters. The van der Waals surface area contributed by atoms with Crippen LogP contribution < -0.4 is 10.1 Å². The molecule has 2 aliphatic rings. The van der Waals surface area contributed by atoms with Crippen molar-refractivity contribution in [1.29, 1.82) is 0 Å². The molecule has 2 aromatic heterocycles. The average molecular weight is 408 g/mol. The first-order chi connectivity index (χ1) is 14.0. The first-order valence-electron chi connectivity index (χ1n) is 9.57. The summed E-state index contributed by atoms with van der Waals surface area (Å²) in [6, 6.07) is 2.94. The summed E-state index contributed by atoms with van der Waals surface area (Å²) >= 11 is 0. The van der Waals surface area contributed by atoms with Gasteiger partial charge in [0.2, 0.25) is 5.88 Å². The third kappa shape index (κ3) is 4.47. The largest absolute Gasteiger partial charge is 0.471 e. The zero-order valence-electron chi connectivity index (χ0n) is 15.7. The van der Waals surface area contributed by atoms with Crippen molar-refractivity contribution < 1.29 is 28.2 Å². The number of carboxylic acid groups (broad SMARTS) is 1. The number of amides is 1. The van der Waals surface area contributed by atoms with Crippen LogP contribution in [-0.4, -0.2) is 64.5 Å². The van der Waals surface area contributed by atoms with Crippen LogP contribution in [-0.2, 0) is 4.74 Å². The van der Waals surface area contributed by atoms with E-state index in [1.807, 2.05) is 0 Å². The highest BCUT2D eigenvalue weighted by Crippen LogP contribution is 2.31. The maximum atomic E-state index is 13.3. The standard InChI is InChI=1S/C19H22F2N4O4/c20-17(21)15-6-11-8-22-16(23-12-2-1-4-25(9-12)19(26)27)7-14(11)18(24-15)29-13-3-5-28-10-13/h6-8,12-13,17H,1-5,9-10H2,(H,22,23)(H,26,27)/t12-,13+/m0/s1. The van der Waals surface area contributed by atoms with Crippen molar-refractivity contribution in [1.82, 2.24) is 14.9 Å². The molecule has 29 heavy (non-hydrogen) atoms. The molecule has 0 aliphatic carbocycles.